The molecule has 0 radical (unpaired) electrons. The smallest absolute Gasteiger partial charge is 0.211 e. The van der Waals surface area contributed by atoms with Gasteiger partial charge in [0.15, 0.2) is 0 Å². The Morgan fingerprint density at radius 3 is 2.27 bits per heavy atom. The van der Waals surface area contributed by atoms with Crippen LogP contribution in [0.15, 0.2) is 0 Å². The fourth-order valence-electron chi connectivity index (χ4n) is 1.95. The van der Waals surface area contributed by atoms with Gasteiger partial charge in [-0.05, 0) is 19.3 Å². The molecule has 1 rings (SSSR count). The number of hydrogen-bond donors (Lipinski definition) is 1. The number of hydrogen-bond acceptors (Lipinski definition) is 2. The average molecular weight is 254 g/mol. The molecule has 1 fully saturated rings. The number of rotatable bonds is 5. The van der Waals surface area contributed by atoms with Gasteiger partial charge in [-0.2, -0.15) is 0 Å². The molecule has 15 heavy (non-hydrogen) atoms. The Balaban J connectivity index is 2.37. The van der Waals surface area contributed by atoms with Gasteiger partial charge in [-0.15, -0.1) is 11.6 Å². The van der Waals surface area contributed by atoms with Crippen molar-refractivity contribution in [1.29, 1.82) is 0 Å². The fourth-order valence-corrected chi connectivity index (χ4v) is 3.63. The van der Waals surface area contributed by atoms with Crippen molar-refractivity contribution in [3.05, 3.63) is 0 Å². The van der Waals surface area contributed by atoms with E-state index >= 15 is 0 Å². The van der Waals surface area contributed by atoms with Crippen LogP contribution in [0.1, 0.15) is 44.9 Å². The lowest BCUT2D eigenvalue weighted by molar-refractivity contribution is 0.509. The van der Waals surface area contributed by atoms with Gasteiger partial charge in [-0.3, -0.25) is 0 Å². The van der Waals surface area contributed by atoms with Crippen molar-refractivity contribution in [3.8, 4) is 0 Å². The molecule has 0 atom stereocenters. The highest BCUT2D eigenvalue weighted by Crippen LogP contribution is 2.17. The van der Waals surface area contributed by atoms with Crippen molar-refractivity contribution in [2.75, 3.05) is 11.6 Å². The molecular formula is C10H20ClNO2S. The van der Waals surface area contributed by atoms with E-state index in [0.29, 0.717) is 12.3 Å². The van der Waals surface area contributed by atoms with Crippen LogP contribution >= 0.6 is 11.6 Å². The van der Waals surface area contributed by atoms with E-state index in [2.05, 4.69) is 4.72 Å². The van der Waals surface area contributed by atoms with Crippen LogP contribution in [0.5, 0.6) is 0 Å². The first kappa shape index (κ1) is 13.3. The topological polar surface area (TPSA) is 46.2 Å². The zero-order chi connectivity index (χ0) is 11.1. The van der Waals surface area contributed by atoms with Crippen molar-refractivity contribution in [1.82, 2.24) is 4.72 Å². The van der Waals surface area contributed by atoms with Gasteiger partial charge in [-0.25, -0.2) is 13.1 Å². The van der Waals surface area contributed by atoms with Gasteiger partial charge in [0.1, 0.15) is 0 Å². The van der Waals surface area contributed by atoms with Gasteiger partial charge in [0.05, 0.1) is 5.75 Å². The van der Waals surface area contributed by atoms with Crippen LogP contribution < -0.4 is 4.72 Å². The third kappa shape index (κ3) is 5.73. The normalized spacial score (nSPS) is 20.1. The Hall–Kier alpha value is 0.200. The van der Waals surface area contributed by atoms with E-state index in [1.165, 1.54) is 12.8 Å². The molecule has 0 spiro atoms. The number of sulfonamides is 1. The Morgan fingerprint density at radius 1 is 1.13 bits per heavy atom. The van der Waals surface area contributed by atoms with Crippen LogP contribution in [-0.2, 0) is 10.0 Å². The van der Waals surface area contributed by atoms with E-state index < -0.39 is 10.0 Å². The third-order valence-electron chi connectivity index (χ3n) is 2.75. The van der Waals surface area contributed by atoms with E-state index in [1.54, 1.807) is 0 Å². The SMILES string of the molecule is O=S(=O)(CCCCl)NC1CCCCCC1. The van der Waals surface area contributed by atoms with E-state index in [1.807, 2.05) is 0 Å². The molecule has 0 amide bonds. The van der Waals surface area contributed by atoms with Crippen LogP contribution in [0.25, 0.3) is 0 Å². The summed E-state index contributed by atoms with van der Waals surface area (Å²) in [5.74, 6) is 0.568. The lowest BCUT2D eigenvalue weighted by Gasteiger charge is -2.15. The highest BCUT2D eigenvalue weighted by molar-refractivity contribution is 7.89. The van der Waals surface area contributed by atoms with Crippen LogP contribution in [-0.4, -0.2) is 26.1 Å². The molecule has 1 aliphatic carbocycles. The molecule has 0 aromatic heterocycles. The first-order chi connectivity index (χ1) is 7.14. The number of halogens is 1. The van der Waals surface area contributed by atoms with Crippen molar-refractivity contribution in [3.63, 3.8) is 0 Å². The van der Waals surface area contributed by atoms with E-state index in [4.69, 9.17) is 11.6 Å². The largest absolute Gasteiger partial charge is 0.212 e. The Bertz CT molecular complexity index is 259. The molecular weight excluding hydrogens is 234 g/mol. The lowest BCUT2D eigenvalue weighted by Crippen LogP contribution is -2.36. The maximum absolute atomic E-state index is 11.6. The zero-order valence-electron chi connectivity index (χ0n) is 9.04. The summed E-state index contributed by atoms with van der Waals surface area (Å²) in [5.41, 5.74) is 0. The standard InChI is InChI=1S/C10H20ClNO2S/c11-8-5-9-15(13,14)12-10-6-3-1-2-4-7-10/h10,12H,1-9H2. The molecule has 1 saturated carbocycles. The molecule has 0 heterocycles. The summed E-state index contributed by atoms with van der Waals surface area (Å²) in [6.45, 7) is 0. The summed E-state index contributed by atoms with van der Waals surface area (Å²) in [7, 11) is -3.09. The van der Waals surface area contributed by atoms with Crippen molar-refractivity contribution >= 4 is 21.6 Å². The van der Waals surface area contributed by atoms with E-state index in [0.717, 1.165) is 25.7 Å². The van der Waals surface area contributed by atoms with Crippen molar-refractivity contribution in [2.24, 2.45) is 0 Å². The molecule has 90 valence electrons. The summed E-state index contributed by atoms with van der Waals surface area (Å²) in [6.07, 6.45) is 7.26. The fraction of sp³-hybridized carbons (Fsp3) is 1.00. The molecule has 3 nitrogen and oxygen atoms in total. The monoisotopic (exact) mass is 253 g/mol. The third-order valence-corrected chi connectivity index (χ3v) is 4.53. The molecule has 0 aromatic carbocycles. The molecule has 1 aliphatic rings. The molecule has 0 aliphatic heterocycles. The van der Waals surface area contributed by atoms with Crippen molar-refractivity contribution < 1.29 is 8.42 Å². The maximum atomic E-state index is 11.6. The second kappa shape index (κ2) is 6.71. The summed E-state index contributed by atoms with van der Waals surface area (Å²) < 4.78 is 26.0. The number of alkyl halides is 1. The first-order valence-electron chi connectivity index (χ1n) is 5.70. The minimum absolute atomic E-state index is 0.160. The number of nitrogens with one attached hydrogen (secondary N) is 1. The predicted octanol–water partition coefficient (Wildman–Crippen LogP) is 2.26. The molecule has 0 unspecified atom stereocenters. The van der Waals surface area contributed by atoms with E-state index in [-0.39, 0.29) is 11.8 Å². The quantitative estimate of drug-likeness (QED) is 0.604. The highest BCUT2D eigenvalue weighted by Gasteiger charge is 2.18. The average Bonchev–Trinajstić information content (AvgIpc) is 2.43. The van der Waals surface area contributed by atoms with Gasteiger partial charge in [0.2, 0.25) is 10.0 Å². The second-order valence-electron chi connectivity index (χ2n) is 4.17. The van der Waals surface area contributed by atoms with Crippen LogP contribution in [0.3, 0.4) is 0 Å². The van der Waals surface area contributed by atoms with Gasteiger partial charge in [0, 0.05) is 11.9 Å². The predicted molar refractivity (Wildman–Crippen MR) is 63.7 cm³/mol. The summed E-state index contributed by atoms with van der Waals surface area (Å²) in [5, 5.41) is 0. The second-order valence-corrected chi connectivity index (χ2v) is 6.42. The first-order valence-corrected chi connectivity index (χ1v) is 7.89. The maximum Gasteiger partial charge on any atom is 0.211 e. The highest BCUT2D eigenvalue weighted by atomic mass is 35.5. The minimum atomic E-state index is -3.09. The Morgan fingerprint density at radius 2 is 1.73 bits per heavy atom. The Kier molecular flexibility index (Phi) is 5.94. The molecule has 5 heteroatoms. The zero-order valence-corrected chi connectivity index (χ0v) is 10.6. The molecule has 1 N–H and O–H groups in total. The van der Waals surface area contributed by atoms with Gasteiger partial charge >= 0.3 is 0 Å². The van der Waals surface area contributed by atoms with Crippen LogP contribution in [0, 0.1) is 0 Å². The lowest BCUT2D eigenvalue weighted by atomic mass is 10.1. The summed E-state index contributed by atoms with van der Waals surface area (Å²) in [6, 6.07) is 0.160. The van der Waals surface area contributed by atoms with Crippen LogP contribution in [0.4, 0.5) is 0 Å². The summed E-state index contributed by atoms with van der Waals surface area (Å²) in [4.78, 5) is 0. The molecule has 0 saturated heterocycles. The molecule has 0 aromatic rings. The minimum Gasteiger partial charge on any atom is -0.212 e. The summed E-state index contributed by atoms with van der Waals surface area (Å²) >= 11 is 5.48. The van der Waals surface area contributed by atoms with Gasteiger partial charge in [-0.1, -0.05) is 25.7 Å². The van der Waals surface area contributed by atoms with Gasteiger partial charge in [0.25, 0.3) is 0 Å². The molecule has 0 bridgehead atoms. The van der Waals surface area contributed by atoms with E-state index in [9.17, 15) is 8.42 Å². The Labute approximate surface area is 97.6 Å². The van der Waals surface area contributed by atoms with Gasteiger partial charge < -0.3 is 0 Å². The van der Waals surface area contributed by atoms with Crippen LogP contribution in [0.2, 0.25) is 0 Å². The van der Waals surface area contributed by atoms with Crippen molar-refractivity contribution in [2.45, 2.75) is 51.0 Å².